The van der Waals surface area contributed by atoms with Crippen molar-refractivity contribution in [1.29, 1.82) is 0 Å². The van der Waals surface area contributed by atoms with Crippen molar-refractivity contribution in [3.63, 3.8) is 0 Å². The van der Waals surface area contributed by atoms with E-state index >= 15 is 0 Å². The van der Waals surface area contributed by atoms with Crippen LogP contribution in [0.3, 0.4) is 0 Å². The highest BCUT2D eigenvalue weighted by Crippen LogP contribution is 2.66. The Morgan fingerprint density at radius 1 is 0.658 bits per heavy atom. The van der Waals surface area contributed by atoms with Crippen molar-refractivity contribution in [2.24, 2.45) is 4.99 Å². The van der Waals surface area contributed by atoms with Crippen molar-refractivity contribution in [3.8, 4) is 22.3 Å². The SMILES string of the molecule is C1=NC(c2ccc3c(c2)C2(c4ccccc4-3)c3ccccc3-c3c2sc2ccccc32)Nc2ccccc21. The first-order chi connectivity index (χ1) is 18.8. The summed E-state index contributed by atoms with van der Waals surface area (Å²) in [7, 11) is 0. The first-order valence-electron chi connectivity index (χ1n) is 13.1. The minimum Gasteiger partial charge on any atom is -0.360 e. The van der Waals surface area contributed by atoms with Crippen molar-refractivity contribution < 1.29 is 0 Å². The number of rotatable bonds is 1. The second kappa shape index (κ2) is 7.31. The topological polar surface area (TPSA) is 24.4 Å². The lowest BCUT2D eigenvalue weighted by molar-refractivity contribution is 0.793. The van der Waals surface area contributed by atoms with Gasteiger partial charge in [-0.2, -0.15) is 0 Å². The molecule has 3 heteroatoms. The molecule has 1 spiro atoms. The van der Waals surface area contributed by atoms with Gasteiger partial charge in [-0.05, 0) is 57.1 Å². The zero-order chi connectivity index (χ0) is 24.8. The lowest BCUT2D eigenvalue weighted by Gasteiger charge is -2.30. The molecular formula is C35H22N2S. The van der Waals surface area contributed by atoms with Gasteiger partial charge in [-0.25, -0.2) is 0 Å². The molecule has 2 heterocycles. The van der Waals surface area contributed by atoms with Gasteiger partial charge in [0.2, 0.25) is 0 Å². The van der Waals surface area contributed by atoms with Gasteiger partial charge in [0.15, 0.2) is 0 Å². The lowest BCUT2D eigenvalue weighted by atomic mass is 9.73. The van der Waals surface area contributed by atoms with Crippen LogP contribution in [-0.2, 0) is 5.41 Å². The summed E-state index contributed by atoms with van der Waals surface area (Å²) in [4.78, 5) is 6.36. The number of nitrogens with zero attached hydrogens (tertiary/aromatic N) is 1. The zero-order valence-corrected chi connectivity index (χ0v) is 21.3. The molecule has 0 amide bonds. The zero-order valence-electron chi connectivity index (χ0n) is 20.5. The lowest BCUT2D eigenvalue weighted by Crippen LogP contribution is -2.25. The van der Waals surface area contributed by atoms with E-state index in [4.69, 9.17) is 4.99 Å². The molecule has 0 saturated carbocycles. The van der Waals surface area contributed by atoms with Gasteiger partial charge >= 0.3 is 0 Å². The average molecular weight is 503 g/mol. The number of nitrogens with one attached hydrogen (secondary N) is 1. The summed E-state index contributed by atoms with van der Waals surface area (Å²) in [6.07, 6.45) is 1.89. The highest BCUT2D eigenvalue weighted by molar-refractivity contribution is 7.20. The number of anilines is 1. The van der Waals surface area contributed by atoms with Crippen LogP contribution in [0.15, 0.2) is 120 Å². The van der Waals surface area contributed by atoms with Crippen LogP contribution in [0, 0.1) is 0 Å². The van der Waals surface area contributed by atoms with Crippen LogP contribution >= 0.6 is 11.3 Å². The van der Waals surface area contributed by atoms with Crippen molar-refractivity contribution in [3.05, 3.63) is 148 Å². The maximum absolute atomic E-state index is 4.92. The first-order valence-corrected chi connectivity index (χ1v) is 13.9. The molecule has 6 aromatic rings. The Morgan fingerprint density at radius 3 is 2.29 bits per heavy atom. The van der Waals surface area contributed by atoms with Crippen LogP contribution < -0.4 is 5.32 Å². The predicted octanol–water partition coefficient (Wildman–Crippen LogP) is 8.79. The quantitative estimate of drug-likeness (QED) is 0.238. The first kappa shape index (κ1) is 20.6. The number of benzene rings is 5. The summed E-state index contributed by atoms with van der Waals surface area (Å²) in [6.45, 7) is 0. The van der Waals surface area contributed by atoms with Gasteiger partial charge in [0.05, 0.1) is 5.41 Å². The van der Waals surface area contributed by atoms with E-state index in [1.54, 1.807) is 0 Å². The molecular weight excluding hydrogens is 480 g/mol. The van der Waals surface area contributed by atoms with E-state index < -0.39 is 0 Å². The Bertz CT molecular complexity index is 1980. The molecule has 0 bridgehead atoms. The fourth-order valence-electron chi connectivity index (χ4n) is 6.98. The second-order valence-electron chi connectivity index (χ2n) is 10.4. The van der Waals surface area contributed by atoms with E-state index in [9.17, 15) is 0 Å². The monoisotopic (exact) mass is 502 g/mol. The van der Waals surface area contributed by atoms with E-state index in [1.165, 1.54) is 59.5 Å². The number of hydrogen-bond donors (Lipinski definition) is 1. The standard InChI is InChI=1S/C35H22N2S/c1-7-15-30-22(9-1)20-36-34(37-30)21-17-18-24-23-10-2-5-13-27(23)35(29(24)19-21)28-14-6-3-11-25(28)32-26-12-4-8-16-31(26)38-33(32)35/h1-20,34,37H. The van der Waals surface area contributed by atoms with Gasteiger partial charge in [0.25, 0.3) is 0 Å². The Kier molecular flexibility index (Phi) is 3.96. The molecule has 2 unspecified atom stereocenters. The Balaban J connectivity index is 1.35. The Hall–Kier alpha value is -4.47. The fourth-order valence-corrected chi connectivity index (χ4v) is 8.43. The van der Waals surface area contributed by atoms with Gasteiger partial charge in [-0.3, -0.25) is 4.99 Å². The van der Waals surface area contributed by atoms with Crippen molar-refractivity contribution in [2.45, 2.75) is 11.6 Å². The van der Waals surface area contributed by atoms with Gasteiger partial charge in [0.1, 0.15) is 6.17 Å². The molecule has 2 aliphatic carbocycles. The Morgan fingerprint density at radius 2 is 1.37 bits per heavy atom. The van der Waals surface area contributed by atoms with E-state index in [2.05, 4.69) is 121 Å². The van der Waals surface area contributed by atoms with Crippen LogP contribution in [0.2, 0.25) is 0 Å². The largest absolute Gasteiger partial charge is 0.360 e. The molecule has 38 heavy (non-hydrogen) atoms. The van der Waals surface area contributed by atoms with Crippen LogP contribution in [0.4, 0.5) is 5.69 Å². The highest BCUT2D eigenvalue weighted by Gasteiger charge is 2.53. The van der Waals surface area contributed by atoms with E-state index in [-0.39, 0.29) is 11.6 Å². The number of thiophene rings is 1. The summed E-state index contributed by atoms with van der Waals surface area (Å²) < 4.78 is 1.35. The summed E-state index contributed by atoms with van der Waals surface area (Å²) >= 11 is 1.95. The van der Waals surface area contributed by atoms with Crippen molar-refractivity contribution >= 4 is 33.3 Å². The predicted molar refractivity (Wildman–Crippen MR) is 159 cm³/mol. The molecule has 2 nitrogen and oxygen atoms in total. The third kappa shape index (κ3) is 2.45. The van der Waals surface area contributed by atoms with Gasteiger partial charge in [0, 0.05) is 38.0 Å². The average Bonchev–Trinajstić information content (AvgIpc) is 3.60. The molecule has 3 aliphatic rings. The summed E-state index contributed by atoms with van der Waals surface area (Å²) in [5.41, 5.74) is 12.7. The Labute approximate surface area is 225 Å². The maximum atomic E-state index is 4.92. The third-order valence-electron chi connectivity index (χ3n) is 8.54. The molecule has 178 valence electrons. The van der Waals surface area contributed by atoms with Crippen molar-refractivity contribution in [2.75, 3.05) is 5.32 Å². The van der Waals surface area contributed by atoms with E-state index in [1.807, 2.05) is 17.6 Å². The molecule has 1 aliphatic heterocycles. The second-order valence-corrected chi connectivity index (χ2v) is 11.4. The molecule has 9 rings (SSSR count). The van der Waals surface area contributed by atoms with Crippen molar-refractivity contribution in [1.82, 2.24) is 0 Å². The van der Waals surface area contributed by atoms with E-state index in [0.717, 1.165) is 11.3 Å². The smallest absolute Gasteiger partial charge is 0.144 e. The summed E-state index contributed by atoms with van der Waals surface area (Å²) in [6, 6.07) is 42.3. The van der Waals surface area contributed by atoms with Crippen LogP contribution in [0.5, 0.6) is 0 Å². The number of para-hydroxylation sites is 1. The number of hydrogen-bond acceptors (Lipinski definition) is 3. The normalized spacial score (nSPS) is 19.5. The summed E-state index contributed by atoms with van der Waals surface area (Å²) in [5, 5.41) is 5.02. The van der Waals surface area contributed by atoms with Gasteiger partial charge in [-0.1, -0.05) is 97.1 Å². The summed E-state index contributed by atoms with van der Waals surface area (Å²) in [5.74, 6) is 0. The molecule has 0 radical (unpaired) electrons. The van der Waals surface area contributed by atoms with Gasteiger partial charge in [-0.15, -0.1) is 11.3 Å². The molecule has 2 atom stereocenters. The maximum Gasteiger partial charge on any atom is 0.144 e. The van der Waals surface area contributed by atoms with Gasteiger partial charge < -0.3 is 5.32 Å². The van der Waals surface area contributed by atoms with Crippen LogP contribution in [0.25, 0.3) is 32.3 Å². The van der Waals surface area contributed by atoms with Crippen LogP contribution in [-0.4, -0.2) is 6.21 Å². The number of fused-ring (bicyclic) bond motifs is 13. The molecule has 1 N–H and O–H groups in total. The molecule has 0 fully saturated rings. The third-order valence-corrected chi connectivity index (χ3v) is 9.83. The highest BCUT2D eigenvalue weighted by atomic mass is 32.1. The molecule has 0 saturated heterocycles. The molecule has 5 aromatic carbocycles. The fraction of sp³-hybridized carbons (Fsp3) is 0.0571. The number of aliphatic imine (C=N–C) groups is 1. The van der Waals surface area contributed by atoms with Crippen LogP contribution in [0.1, 0.15) is 38.9 Å². The minimum absolute atomic E-state index is 0.116. The molecule has 1 aromatic heterocycles. The minimum atomic E-state index is -0.326. The van der Waals surface area contributed by atoms with E-state index in [0.29, 0.717) is 0 Å².